The molecular weight excluding hydrogens is 212 g/mol. The molecule has 0 aromatic heterocycles. The van der Waals surface area contributed by atoms with Crippen molar-refractivity contribution in [1.29, 1.82) is 0 Å². The first-order valence-corrected chi connectivity index (χ1v) is 3.75. The lowest BCUT2D eigenvalue weighted by Crippen LogP contribution is -2.42. The van der Waals surface area contributed by atoms with Crippen LogP contribution in [0.2, 0.25) is 0 Å². The van der Waals surface area contributed by atoms with Crippen molar-refractivity contribution in [3.8, 4) is 0 Å². The quantitative estimate of drug-likeness (QED) is 0.362. The van der Waals surface area contributed by atoms with Gasteiger partial charge >= 0.3 is 17.9 Å². The van der Waals surface area contributed by atoms with Crippen LogP contribution >= 0.6 is 0 Å². The van der Waals surface area contributed by atoms with E-state index in [-0.39, 0.29) is 0 Å². The van der Waals surface area contributed by atoms with Crippen molar-refractivity contribution in [3.05, 3.63) is 0 Å². The molecule has 0 aliphatic heterocycles. The predicted octanol–water partition coefficient (Wildman–Crippen LogP) is -1.58. The van der Waals surface area contributed by atoms with E-state index in [0.717, 1.165) is 6.92 Å². The molecule has 3 N–H and O–H groups in total. The number of carboxylic acid groups (broad SMARTS) is 2. The van der Waals surface area contributed by atoms with Gasteiger partial charge in [-0.15, -0.1) is 0 Å². The van der Waals surface area contributed by atoms with E-state index in [1.54, 1.807) is 0 Å². The van der Waals surface area contributed by atoms with Crippen LogP contribution in [0.3, 0.4) is 0 Å². The summed E-state index contributed by atoms with van der Waals surface area (Å²) in [5.41, 5.74) is 0. The fraction of sp³-hybridized carbons (Fsp3) is 0.571. The average molecular weight is 222 g/mol. The minimum Gasteiger partial charge on any atom is -0.479 e. The van der Waals surface area contributed by atoms with Crippen LogP contribution in [-0.4, -0.2) is 52.2 Å². The molecule has 0 bridgehead atoms. The third-order valence-electron chi connectivity index (χ3n) is 1.29. The van der Waals surface area contributed by atoms with E-state index >= 15 is 0 Å². The highest BCUT2D eigenvalue weighted by atomic mass is 16.7. The molecule has 2 atom stereocenters. The van der Waals surface area contributed by atoms with Gasteiger partial charge in [-0.2, -0.15) is 0 Å². The van der Waals surface area contributed by atoms with Crippen LogP contribution in [-0.2, 0) is 23.9 Å². The molecule has 0 radical (unpaired) electrons. The monoisotopic (exact) mass is 222 g/mol. The number of hydrogen-bond acceptors (Lipinski definition) is 6. The topological polar surface area (TPSA) is 130 Å². The van der Waals surface area contributed by atoms with Crippen molar-refractivity contribution in [3.63, 3.8) is 0 Å². The standard InChI is InChI=1S/C7H10O8/c1-3(8)14-2-15-5(7(12)13)4(9)6(10)11/h4-5,9H,2H2,1H3,(H,10,11)(H,12,13). The molecule has 0 aliphatic rings. The zero-order chi connectivity index (χ0) is 12.0. The number of ether oxygens (including phenoxy) is 2. The smallest absolute Gasteiger partial charge is 0.336 e. The van der Waals surface area contributed by atoms with Crippen molar-refractivity contribution in [2.75, 3.05) is 6.79 Å². The van der Waals surface area contributed by atoms with Gasteiger partial charge in [0.05, 0.1) is 0 Å². The van der Waals surface area contributed by atoms with Crippen molar-refractivity contribution in [2.24, 2.45) is 0 Å². The summed E-state index contributed by atoms with van der Waals surface area (Å²) in [6.45, 7) is 0.323. The summed E-state index contributed by atoms with van der Waals surface area (Å²) in [6, 6.07) is 0. The summed E-state index contributed by atoms with van der Waals surface area (Å²) in [5.74, 6) is -4.13. The SMILES string of the molecule is CC(=O)OCOC(C(=O)O)C(O)C(=O)O. The number of aliphatic carboxylic acids is 2. The number of esters is 1. The summed E-state index contributed by atoms with van der Waals surface area (Å²) in [6.07, 6.45) is -4.21. The predicted molar refractivity (Wildman–Crippen MR) is 42.8 cm³/mol. The van der Waals surface area contributed by atoms with E-state index < -0.39 is 36.9 Å². The van der Waals surface area contributed by atoms with Gasteiger partial charge in [0.25, 0.3) is 0 Å². The van der Waals surface area contributed by atoms with Gasteiger partial charge in [-0.05, 0) is 0 Å². The van der Waals surface area contributed by atoms with Gasteiger partial charge in [-0.1, -0.05) is 0 Å². The molecule has 0 spiro atoms. The number of hydrogen-bond donors (Lipinski definition) is 3. The summed E-state index contributed by atoms with van der Waals surface area (Å²) < 4.78 is 8.59. The number of aliphatic hydroxyl groups is 1. The molecule has 15 heavy (non-hydrogen) atoms. The maximum Gasteiger partial charge on any atom is 0.336 e. The second-order valence-electron chi connectivity index (χ2n) is 2.46. The van der Waals surface area contributed by atoms with Crippen molar-refractivity contribution >= 4 is 17.9 Å². The lowest BCUT2D eigenvalue weighted by atomic mass is 10.2. The molecule has 0 amide bonds. The van der Waals surface area contributed by atoms with Crippen LogP contribution in [0.1, 0.15) is 6.92 Å². The summed E-state index contributed by atoms with van der Waals surface area (Å²) in [7, 11) is 0. The molecule has 8 heteroatoms. The Morgan fingerprint density at radius 1 is 1.20 bits per heavy atom. The molecule has 86 valence electrons. The van der Waals surface area contributed by atoms with Gasteiger partial charge in [0.15, 0.2) is 19.0 Å². The van der Waals surface area contributed by atoms with Crippen LogP contribution in [0.4, 0.5) is 0 Å². The maximum absolute atomic E-state index is 10.4. The molecule has 0 heterocycles. The van der Waals surface area contributed by atoms with E-state index in [1.165, 1.54) is 0 Å². The third kappa shape index (κ3) is 4.93. The fourth-order valence-electron chi connectivity index (χ4n) is 0.617. The Hall–Kier alpha value is -1.67. The number of rotatable bonds is 6. The minimum atomic E-state index is -2.22. The van der Waals surface area contributed by atoms with Crippen molar-refractivity contribution in [1.82, 2.24) is 0 Å². The lowest BCUT2D eigenvalue weighted by Gasteiger charge is -2.15. The fourth-order valence-corrected chi connectivity index (χ4v) is 0.617. The van der Waals surface area contributed by atoms with Gasteiger partial charge in [0, 0.05) is 6.92 Å². The van der Waals surface area contributed by atoms with E-state index in [2.05, 4.69) is 9.47 Å². The second kappa shape index (κ2) is 5.94. The minimum absolute atomic E-state index is 0.719. The van der Waals surface area contributed by atoms with Gasteiger partial charge in [0.1, 0.15) is 0 Å². The largest absolute Gasteiger partial charge is 0.479 e. The normalized spacial score (nSPS) is 14.0. The van der Waals surface area contributed by atoms with Gasteiger partial charge in [-0.3, -0.25) is 4.79 Å². The molecule has 0 rings (SSSR count). The molecule has 0 aromatic rings. The summed E-state index contributed by atoms with van der Waals surface area (Å²) in [5, 5.41) is 25.7. The number of aliphatic hydroxyl groups excluding tert-OH is 1. The maximum atomic E-state index is 10.4. The molecule has 0 aliphatic carbocycles. The van der Waals surface area contributed by atoms with Gasteiger partial charge < -0.3 is 24.8 Å². The number of carbonyl (C=O) groups is 3. The Labute approximate surface area is 84.0 Å². The van der Waals surface area contributed by atoms with Gasteiger partial charge in [0.2, 0.25) is 0 Å². The van der Waals surface area contributed by atoms with E-state index in [0.29, 0.717) is 0 Å². The highest BCUT2D eigenvalue weighted by Gasteiger charge is 2.33. The molecule has 0 aromatic carbocycles. The second-order valence-corrected chi connectivity index (χ2v) is 2.46. The Morgan fingerprint density at radius 3 is 2.07 bits per heavy atom. The van der Waals surface area contributed by atoms with E-state index in [9.17, 15) is 14.4 Å². The first kappa shape index (κ1) is 13.3. The molecule has 0 saturated carbocycles. The molecule has 0 fully saturated rings. The van der Waals surface area contributed by atoms with Gasteiger partial charge in [-0.25, -0.2) is 9.59 Å². The molecular formula is C7H10O8. The van der Waals surface area contributed by atoms with Crippen LogP contribution in [0, 0.1) is 0 Å². The molecule has 0 saturated heterocycles. The van der Waals surface area contributed by atoms with Crippen LogP contribution in [0.25, 0.3) is 0 Å². The Kier molecular flexibility index (Phi) is 5.27. The van der Waals surface area contributed by atoms with Crippen LogP contribution in [0.15, 0.2) is 0 Å². The van der Waals surface area contributed by atoms with Crippen molar-refractivity contribution in [2.45, 2.75) is 19.1 Å². The average Bonchev–Trinajstić information content (AvgIpc) is 2.10. The van der Waals surface area contributed by atoms with Crippen molar-refractivity contribution < 1.29 is 39.2 Å². The number of carbonyl (C=O) groups excluding carboxylic acids is 1. The Balaban J connectivity index is 4.23. The Morgan fingerprint density at radius 2 is 1.73 bits per heavy atom. The van der Waals surface area contributed by atoms with Crippen LogP contribution in [0.5, 0.6) is 0 Å². The first-order chi connectivity index (χ1) is 6.86. The molecule has 2 unspecified atom stereocenters. The summed E-state index contributed by atoms with van der Waals surface area (Å²) >= 11 is 0. The Bertz CT molecular complexity index is 260. The summed E-state index contributed by atoms with van der Waals surface area (Å²) in [4.78, 5) is 30.9. The lowest BCUT2D eigenvalue weighted by molar-refractivity contribution is -0.186. The third-order valence-corrected chi connectivity index (χ3v) is 1.29. The highest BCUT2D eigenvalue weighted by molar-refractivity contribution is 5.83. The van der Waals surface area contributed by atoms with Crippen LogP contribution < -0.4 is 0 Å². The zero-order valence-electron chi connectivity index (χ0n) is 7.74. The highest BCUT2D eigenvalue weighted by Crippen LogP contribution is 2.01. The molecule has 8 nitrogen and oxygen atoms in total. The van der Waals surface area contributed by atoms with E-state index in [1.807, 2.05) is 0 Å². The van der Waals surface area contributed by atoms with E-state index in [4.69, 9.17) is 15.3 Å². The zero-order valence-corrected chi connectivity index (χ0v) is 7.74. The number of carboxylic acids is 2. The first-order valence-electron chi connectivity index (χ1n) is 3.75.